The number of esters is 1. The number of hydrogen-bond acceptors (Lipinski definition) is 5. The lowest BCUT2D eigenvalue weighted by atomic mass is 10.2. The van der Waals surface area contributed by atoms with E-state index in [-0.39, 0.29) is 18.6 Å². The van der Waals surface area contributed by atoms with Crippen LogP contribution in [0.15, 0.2) is 24.3 Å². The summed E-state index contributed by atoms with van der Waals surface area (Å²) in [4.78, 5) is 25.4. The minimum Gasteiger partial charge on any atom is -0.452 e. The molecule has 0 saturated carbocycles. The molecule has 0 radical (unpaired) electrons. The predicted molar refractivity (Wildman–Crippen MR) is 83.0 cm³/mol. The number of hydrogen-bond donors (Lipinski definition) is 1. The standard InChI is InChI=1S/C16H22N2O4/c1-18(2)13-7-5-12(6-8-13)16(20)22-11-15(19)17-10-14-4-3-9-21-14/h5-8,14H,3-4,9-11H2,1-2H3,(H,17,19)/t14-/m1/s1. The van der Waals surface area contributed by atoms with Crippen molar-refractivity contribution in [2.75, 3.05) is 38.8 Å². The van der Waals surface area contributed by atoms with E-state index in [0.29, 0.717) is 12.1 Å². The van der Waals surface area contributed by atoms with Gasteiger partial charge in [-0.05, 0) is 37.1 Å². The molecule has 1 aliphatic heterocycles. The fraction of sp³-hybridized carbons (Fsp3) is 0.500. The average Bonchev–Trinajstić information content (AvgIpc) is 3.04. The van der Waals surface area contributed by atoms with Gasteiger partial charge in [0.25, 0.3) is 5.91 Å². The highest BCUT2D eigenvalue weighted by molar-refractivity contribution is 5.91. The highest BCUT2D eigenvalue weighted by Gasteiger charge is 2.17. The number of carbonyl (C=O) groups is 2. The van der Waals surface area contributed by atoms with Crippen LogP contribution in [0.4, 0.5) is 5.69 Å². The first-order chi connectivity index (χ1) is 10.6. The monoisotopic (exact) mass is 306 g/mol. The summed E-state index contributed by atoms with van der Waals surface area (Å²) in [7, 11) is 3.84. The summed E-state index contributed by atoms with van der Waals surface area (Å²) in [6.45, 7) is 0.938. The molecule has 0 unspecified atom stereocenters. The van der Waals surface area contributed by atoms with Gasteiger partial charge in [0.15, 0.2) is 6.61 Å². The largest absolute Gasteiger partial charge is 0.452 e. The van der Waals surface area contributed by atoms with Crippen LogP contribution in [0.1, 0.15) is 23.2 Å². The second kappa shape index (κ2) is 7.79. The van der Waals surface area contributed by atoms with Crippen molar-refractivity contribution in [2.24, 2.45) is 0 Å². The Morgan fingerprint density at radius 3 is 2.64 bits per heavy atom. The van der Waals surface area contributed by atoms with Crippen molar-refractivity contribution in [3.63, 3.8) is 0 Å². The third-order valence-electron chi connectivity index (χ3n) is 3.50. The van der Waals surface area contributed by atoms with Crippen molar-refractivity contribution in [2.45, 2.75) is 18.9 Å². The normalized spacial score (nSPS) is 17.1. The molecule has 1 aromatic rings. The Hall–Kier alpha value is -2.08. The topological polar surface area (TPSA) is 67.9 Å². The minimum absolute atomic E-state index is 0.0817. The SMILES string of the molecule is CN(C)c1ccc(C(=O)OCC(=O)NC[C@H]2CCCO2)cc1. The van der Waals surface area contributed by atoms with E-state index in [1.165, 1.54) is 0 Å². The molecule has 6 nitrogen and oxygen atoms in total. The molecule has 6 heteroatoms. The lowest BCUT2D eigenvalue weighted by Crippen LogP contribution is -2.34. The second-order valence-electron chi connectivity index (χ2n) is 5.46. The quantitative estimate of drug-likeness (QED) is 0.800. The summed E-state index contributed by atoms with van der Waals surface area (Å²) in [6.07, 6.45) is 2.06. The Kier molecular flexibility index (Phi) is 5.77. The Morgan fingerprint density at radius 2 is 2.05 bits per heavy atom. The number of benzene rings is 1. The molecule has 1 N–H and O–H groups in total. The molecule has 0 spiro atoms. The Morgan fingerprint density at radius 1 is 1.32 bits per heavy atom. The summed E-state index contributed by atoms with van der Waals surface area (Å²) in [6, 6.07) is 7.02. The molecule has 2 rings (SSSR count). The van der Waals surface area contributed by atoms with Gasteiger partial charge in [-0.3, -0.25) is 4.79 Å². The van der Waals surface area contributed by atoms with Crippen LogP contribution < -0.4 is 10.2 Å². The van der Waals surface area contributed by atoms with Crippen molar-refractivity contribution in [1.29, 1.82) is 0 Å². The van der Waals surface area contributed by atoms with Crippen LogP contribution in [0, 0.1) is 0 Å². The Labute approximate surface area is 130 Å². The van der Waals surface area contributed by atoms with E-state index in [9.17, 15) is 9.59 Å². The molecule has 1 aromatic carbocycles. The molecule has 1 fully saturated rings. The zero-order valence-corrected chi connectivity index (χ0v) is 13.0. The van der Waals surface area contributed by atoms with E-state index in [4.69, 9.17) is 9.47 Å². The third-order valence-corrected chi connectivity index (χ3v) is 3.50. The number of carbonyl (C=O) groups excluding carboxylic acids is 2. The van der Waals surface area contributed by atoms with Crippen LogP contribution in [0.5, 0.6) is 0 Å². The summed E-state index contributed by atoms with van der Waals surface area (Å²) in [5.41, 5.74) is 1.42. The van der Waals surface area contributed by atoms with Crippen molar-refractivity contribution < 1.29 is 19.1 Å². The molecule has 1 aliphatic rings. The summed E-state index contributed by atoms with van der Waals surface area (Å²) >= 11 is 0. The van der Waals surface area contributed by atoms with Gasteiger partial charge < -0.3 is 19.7 Å². The maximum absolute atomic E-state index is 11.9. The number of ether oxygens (including phenoxy) is 2. The van der Waals surface area contributed by atoms with Gasteiger partial charge in [-0.1, -0.05) is 0 Å². The number of rotatable bonds is 6. The molecule has 0 aliphatic carbocycles. The van der Waals surface area contributed by atoms with Crippen molar-refractivity contribution in [3.05, 3.63) is 29.8 Å². The fourth-order valence-electron chi connectivity index (χ4n) is 2.19. The fourth-order valence-corrected chi connectivity index (χ4v) is 2.19. The molecule has 22 heavy (non-hydrogen) atoms. The van der Waals surface area contributed by atoms with Crippen LogP contribution >= 0.6 is 0 Å². The van der Waals surface area contributed by atoms with Gasteiger partial charge in [-0.15, -0.1) is 0 Å². The van der Waals surface area contributed by atoms with Crippen LogP contribution in [0.3, 0.4) is 0 Å². The third kappa shape index (κ3) is 4.73. The van der Waals surface area contributed by atoms with Gasteiger partial charge in [0.2, 0.25) is 0 Å². The van der Waals surface area contributed by atoms with E-state index < -0.39 is 5.97 Å². The maximum atomic E-state index is 11.9. The molecule has 120 valence electrons. The van der Waals surface area contributed by atoms with Gasteiger partial charge in [0, 0.05) is 32.9 Å². The zero-order chi connectivity index (χ0) is 15.9. The first-order valence-electron chi connectivity index (χ1n) is 7.39. The van der Waals surface area contributed by atoms with E-state index >= 15 is 0 Å². The zero-order valence-electron chi connectivity index (χ0n) is 13.0. The highest BCUT2D eigenvalue weighted by atomic mass is 16.5. The average molecular weight is 306 g/mol. The minimum atomic E-state index is -0.502. The van der Waals surface area contributed by atoms with Gasteiger partial charge >= 0.3 is 5.97 Å². The van der Waals surface area contributed by atoms with Gasteiger partial charge in [-0.25, -0.2) is 4.79 Å². The molecule has 0 bridgehead atoms. The number of anilines is 1. The number of nitrogens with zero attached hydrogens (tertiary/aromatic N) is 1. The first kappa shape index (κ1) is 16.3. The molecular formula is C16H22N2O4. The van der Waals surface area contributed by atoms with E-state index in [1.54, 1.807) is 12.1 Å². The van der Waals surface area contributed by atoms with E-state index in [1.807, 2.05) is 31.1 Å². The molecular weight excluding hydrogens is 284 g/mol. The molecule has 1 saturated heterocycles. The summed E-state index contributed by atoms with van der Waals surface area (Å²) in [5.74, 6) is -0.814. The lowest BCUT2D eigenvalue weighted by Gasteiger charge is -2.13. The van der Waals surface area contributed by atoms with Gasteiger partial charge in [0.05, 0.1) is 11.7 Å². The van der Waals surface area contributed by atoms with Crippen molar-refractivity contribution in [3.8, 4) is 0 Å². The van der Waals surface area contributed by atoms with Crippen LogP contribution in [-0.4, -0.2) is 51.8 Å². The number of nitrogens with one attached hydrogen (secondary N) is 1. The van der Waals surface area contributed by atoms with Gasteiger partial charge in [-0.2, -0.15) is 0 Å². The van der Waals surface area contributed by atoms with Crippen LogP contribution in [0.25, 0.3) is 0 Å². The maximum Gasteiger partial charge on any atom is 0.338 e. The van der Waals surface area contributed by atoms with Crippen molar-refractivity contribution >= 4 is 17.6 Å². The Balaban J connectivity index is 1.73. The predicted octanol–water partition coefficient (Wildman–Crippen LogP) is 1.20. The highest BCUT2D eigenvalue weighted by Crippen LogP contribution is 2.13. The second-order valence-corrected chi connectivity index (χ2v) is 5.46. The summed E-state index contributed by atoms with van der Waals surface area (Å²) < 4.78 is 10.4. The first-order valence-corrected chi connectivity index (χ1v) is 7.39. The number of amides is 1. The molecule has 1 atom stereocenters. The molecule has 1 heterocycles. The van der Waals surface area contributed by atoms with Crippen LogP contribution in [0.2, 0.25) is 0 Å². The molecule has 1 amide bonds. The summed E-state index contributed by atoms with van der Waals surface area (Å²) in [5, 5.41) is 2.71. The van der Waals surface area contributed by atoms with Gasteiger partial charge in [0.1, 0.15) is 0 Å². The van der Waals surface area contributed by atoms with E-state index in [2.05, 4.69) is 5.32 Å². The van der Waals surface area contributed by atoms with Crippen LogP contribution in [-0.2, 0) is 14.3 Å². The molecule has 0 aromatic heterocycles. The lowest BCUT2D eigenvalue weighted by molar-refractivity contribution is -0.124. The smallest absolute Gasteiger partial charge is 0.338 e. The Bertz CT molecular complexity index is 507. The van der Waals surface area contributed by atoms with E-state index in [0.717, 1.165) is 25.1 Å². The van der Waals surface area contributed by atoms with Crippen molar-refractivity contribution in [1.82, 2.24) is 5.32 Å².